The number of hydrogen-bond donors (Lipinski definition) is 2. The molecule has 1 saturated heterocycles. The average Bonchev–Trinajstić information content (AvgIpc) is 2.69. The highest BCUT2D eigenvalue weighted by Gasteiger charge is 2.43. The number of nitrogens with one attached hydrogen (secondary N) is 2. The van der Waals surface area contributed by atoms with Gasteiger partial charge in [-0.05, 0) is 56.2 Å². The molecule has 166 valence electrons. The molecule has 1 aliphatic carbocycles. The normalized spacial score (nSPS) is 26.1. The summed E-state index contributed by atoms with van der Waals surface area (Å²) in [5.74, 6) is -4.23. The predicted molar refractivity (Wildman–Crippen MR) is 98.3 cm³/mol. The van der Waals surface area contributed by atoms with Crippen molar-refractivity contribution in [3.8, 4) is 0 Å². The molecule has 10 heteroatoms. The molecule has 3 amide bonds. The minimum atomic E-state index is -4.28. The van der Waals surface area contributed by atoms with Crippen LogP contribution in [0.25, 0.3) is 0 Å². The Balaban J connectivity index is 1.80. The topological polar surface area (TPSA) is 61.4 Å². The van der Waals surface area contributed by atoms with E-state index in [1.165, 1.54) is 11.0 Å². The van der Waals surface area contributed by atoms with Gasteiger partial charge in [-0.15, -0.1) is 0 Å². The Morgan fingerprint density at radius 3 is 2.43 bits per heavy atom. The lowest BCUT2D eigenvalue weighted by Crippen LogP contribution is -2.58. The second kappa shape index (κ2) is 8.77. The summed E-state index contributed by atoms with van der Waals surface area (Å²) in [6.45, 7) is 2.11. The number of carbonyl (C=O) groups is 2. The highest BCUT2D eigenvalue weighted by molar-refractivity contribution is 5.88. The van der Waals surface area contributed by atoms with Crippen LogP contribution in [0.3, 0.4) is 0 Å². The molecule has 0 spiro atoms. The maximum absolute atomic E-state index is 13.8. The van der Waals surface area contributed by atoms with Crippen molar-refractivity contribution in [1.82, 2.24) is 15.5 Å². The van der Waals surface area contributed by atoms with Crippen LogP contribution in [0.5, 0.6) is 0 Å². The molecule has 0 aromatic heterocycles. The smallest absolute Gasteiger partial charge is 0.353 e. The molecular formula is C20H24F5N3O2. The summed E-state index contributed by atoms with van der Waals surface area (Å²) in [7, 11) is 0. The van der Waals surface area contributed by atoms with Crippen LogP contribution in [0.15, 0.2) is 18.2 Å². The first-order valence-electron chi connectivity index (χ1n) is 9.94. The van der Waals surface area contributed by atoms with Gasteiger partial charge in [-0.1, -0.05) is 6.07 Å². The summed E-state index contributed by atoms with van der Waals surface area (Å²) in [5, 5.41) is 5.40. The van der Waals surface area contributed by atoms with Crippen LogP contribution in [0, 0.1) is 23.5 Å². The van der Waals surface area contributed by atoms with E-state index >= 15 is 0 Å². The summed E-state index contributed by atoms with van der Waals surface area (Å²) >= 11 is 0. The Hall–Kier alpha value is -2.39. The van der Waals surface area contributed by atoms with Crippen LogP contribution in [-0.2, 0) is 4.79 Å². The first-order valence-corrected chi connectivity index (χ1v) is 9.94. The lowest BCUT2D eigenvalue weighted by Gasteiger charge is -2.38. The molecule has 30 heavy (non-hydrogen) atoms. The second-order valence-electron chi connectivity index (χ2n) is 7.91. The third-order valence-electron chi connectivity index (χ3n) is 6.05. The van der Waals surface area contributed by atoms with Crippen LogP contribution in [0.4, 0.5) is 26.7 Å². The molecule has 2 atom stereocenters. The molecular weight excluding hydrogens is 409 g/mol. The van der Waals surface area contributed by atoms with Crippen LogP contribution in [0.1, 0.15) is 44.2 Å². The lowest BCUT2D eigenvalue weighted by molar-refractivity contribution is -0.184. The lowest BCUT2D eigenvalue weighted by atomic mass is 9.76. The number of piperazine rings is 1. The van der Waals surface area contributed by atoms with Crippen molar-refractivity contribution in [3.63, 3.8) is 0 Å². The highest BCUT2D eigenvalue weighted by atomic mass is 19.4. The molecule has 1 aromatic carbocycles. The molecule has 0 bridgehead atoms. The molecule has 2 N–H and O–H groups in total. The summed E-state index contributed by atoms with van der Waals surface area (Å²) in [6.07, 6.45) is -4.09. The van der Waals surface area contributed by atoms with Crippen molar-refractivity contribution in [1.29, 1.82) is 0 Å². The monoisotopic (exact) mass is 433 g/mol. The van der Waals surface area contributed by atoms with E-state index in [0.29, 0.717) is 0 Å². The SMILES string of the molecule is C[C@@H]1C(=O)NCCN1C(=O)N[C@@H](c1ccc(F)c(F)c1)C1CCC(C(F)(F)F)CC1. The standard InChI is InChI=1S/C20H24F5N3O2/c1-11-18(29)26-8-9-28(11)19(30)27-17(13-4-7-15(21)16(22)10-13)12-2-5-14(6-3-12)20(23,24)25/h4,7,10-12,14,17H,2-3,5-6,8-9H2,1H3,(H,26,29)(H,27,30)/t11-,12?,14?,17-/m1/s1. The van der Waals surface area contributed by atoms with E-state index in [0.717, 1.165) is 12.1 Å². The van der Waals surface area contributed by atoms with Crippen molar-refractivity contribution >= 4 is 11.9 Å². The number of rotatable bonds is 3. The first-order chi connectivity index (χ1) is 14.1. The van der Waals surface area contributed by atoms with Gasteiger partial charge in [-0.3, -0.25) is 4.79 Å². The van der Waals surface area contributed by atoms with Crippen molar-refractivity contribution < 1.29 is 31.5 Å². The van der Waals surface area contributed by atoms with Gasteiger partial charge in [0.25, 0.3) is 0 Å². The minimum absolute atomic E-state index is 0.0905. The molecule has 1 aliphatic heterocycles. The molecule has 2 aliphatic rings. The van der Waals surface area contributed by atoms with Gasteiger partial charge in [0.15, 0.2) is 11.6 Å². The second-order valence-corrected chi connectivity index (χ2v) is 7.91. The summed E-state index contributed by atoms with van der Waals surface area (Å²) in [4.78, 5) is 26.0. The van der Waals surface area contributed by atoms with Crippen LogP contribution < -0.4 is 10.6 Å². The molecule has 1 heterocycles. The van der Waals surface area contributed by atoms with E-state index < -0.39 is 41.8 Å². The van der Waals surface area contributed by atoms with Crippen molar-refractivity contribution in [2.45, 2.75) is 50.9 Å². The number of hydrogen-bond acceptors (Lipinski definition) is 2. The number of nitrogens with zero attached hydrogens (tertiary/aromatic N) is 1. The van der Waals surface area contributed by atoms with Crippen LogP contribution in [0.2, 0.25) is 0 Å². The third kappa shape index (κ3) is 4.84. The zero-order valence-electron chi connectivity index (χ0n) is 16.4. The fraction of sp³-hybridized carbons (Fsp3) is 0.600. The minimum Gasteiger partial charge on any atom is -0.353 e. The van der Waals surface area contributed by atoms with Gasteiger partial charge in [0.2, 0.25) is 5.91 Å². The van der Waals surface area contributed by atoms with Gasteiger partial charge in [-0.2, -0.15) is 13.2 Å². The van der Waals surface area contributed by atoms with Gasteiger partial charge in [-0.25, -0.2) is 13.6 Å². The zero-order chi connectivity index (χ0) is 22.1. The Morgan fingerprint density at radius 1 is 1.17 bits per heavy atom. The fourth-order valence-electron chi connectivity index (χ4n) is 4.23. The zero-order valence-corrected chi connectivity index (χ0v) is 16.4. The van der Waals surface area contributed by atoms with Crippen molar-refractivity contribution in [2.24, 2.45) is 11.8 Å². The number of urea groups is 1. The summed E-state index contributed by atoms with van der Waals surface area (Å²) in [6, 6.07) is 1.14. The molecule has 3 rings (SSSR count). The first kappa shape index (κ1) is 22.3. The molecule has 5 nitrogen and oxygen atoms in total. The molecule has 0 radical (unpaired) electrons. The van der Waals surface area contributed by atoms with Gasteiger partial charge in [0.05, 0.1) is 12.0 Å². The fourth-order valence-corrected chi connectivity index (χ4v) is 4.23. The van der Waals surface area contributed by atoms with Crippen LogP contribution >= 0.6 is 0 Å². The Labute approximate surface area is 171 Å². The Morgan fingerprint density at radius 2 is 1.83 bits per heavy atom. The van der Waals surface area contributed by atoms with E-state index in [-0.39, 0.29) is 56.2 Å². The van der Waals surface area contributed by atoms with E-state index in [4.69, 9.17) is 0 Å². The third-order valence-corrected chi connectivity index (χ3v) is 6.05. The number of carbonyl (C=O) groups excluding carboxylic acids is 2. The van der Waals surface area contributed by atoms with E-state index in [2.05, 4.69) is 10.6 Å². The maximum atomic E-state index is 13.8. The number of halogens is 5. The maximum Gasteiger partial charge on any atom is 0.391 e. The summed E-state index contributed by atoms with van der Waals surface area (Å²) < 4.78 is 66.3. The number of alkyl halides is 3. The van der Waals surface area contributed by atoms with Gasteiger partial charge < -0.3 is 15.5 Å². The largest absolute Gasteiger partial charge is 0.391 e. The quantitative estimate of drug-likeness (QED) is 0.711. The van der Waals surface area contributed by atoms with Crippen LogP contribution in [-0.4, -0.2) is 42.1 Å². The molecule has 0 unspecified atom stereocenters. The number of benzene rings is 1. The Bertz CT molecular complexity index is 793. The molecule has 2 fully saturated rings. The van der Waals surface area contributed by atoms with E-state index in [1.54, 1.807) is 6.92 Å². The van der Waals surface area contributed by atoms with Crippen molar-refractivity contribution in [3.05, 3.63) is 35.4 Å². The predicted octanol–water partition coefficient (Wildman–Crippen LogP) is 3.90. The van der Waals surface area contributed by atoms with E-state index in [9.17, 15) is 31.5 Å². The van der Waals surface area contributed by atoms with Gasteiger partial charge >= 0.3 is 12.2 Å². The van der Waals surface area contributed by atoms with Crippen molar-refractivity contribution in [2.75, 3.05) is 13.1 Å². The summed E-state index contributed by atoms with van der Waals surface area (Å²) in [5.41, 5.74) is 0.284. The highest BCUT2D eigenvalue weighted by Crippen LogP contribution is 2.43. The number of amides is 3. The van der Waals surface area contributed by atoms with Gasteiger partial charge in [0.1, 0.15) is 6.04 Å². The van der Waals surface area contributed by atoms with E-state index in [1.807, 2.05) is 0 Å². The molecule has 1 saturated carbocycles. The average molecular weight is 433 g/mol. The molecule has 1 aromatic rings. The van der Waals surface area contributed by atoms with Gasteiger partial charge in [0, 0.05) is 13.1 Å². The Kier molecular flexibility index (Phi) is 6.52.